The number of nitrogens with zero attached hydrogens (tertiary/aromatic N) is 2. The summed E-state index contributed by atoms with van der Waals surface area (Å²) in [5.74, 6) is -0.188. The second kappa shape index (κ2) is 12.8. The molecule has 0 amide bonds. The zero-order valence-corrected chi connectivity index (χ0v) is 26.5. The van der Waals surface area contributed by atoms with Crippen molar-refractivity contribution in [1.29, 1.82) is 0 Å². The maximum Gasteiger partial charge on any atom is 0.234 e. The number of rotatable bonds is 13. The van der Waals surface area contributed by atoms with Gasteiger partial charge in [-0.1, -0.05) is 30.3 Å². The Hall–Kier alpha value is -2.80. The zero-order chi connectivity index (χ0) is 30.8. The minimum Gasteiger partial charge on any atom is -0.489 e. The van der Waals surface area contributed by atoms with Crippen LogP contribution in [0.4, 0.5) is 8.78 Å². The molecule has 0 bridgehead atoms. The molecule has 3 atom stereocenters. The summed E-state index contributed by atoms with van der Waals surface area (Å²) in [6.07, 6.45) is 2.84. The van der Waals surface area contributed by atoms with Crippen molar-refractivity contribution in [2.75, 3.05) is 13.8 Å². The van der Waals surface area contributed by atoms with E-state index in [0.29, 0.717) is 29.3 Å². The predicted molar refractivity (Wildman–Crippen MR) is 163 cm³/mol. The smallest absolute Gasteiger partial charge is 0.234 e. The van der Waals surface area contributed by atoms with Crippen molar-refractivity contribution < 1.29 is 27.7 Å². The van der Waals surface area contributed by atoms with Gasteiger partial charge in [0.1, 0.15) is 18.2 Å². The van der Waals surface area contributed by atoms with Crippen LogP contribution < -0.4 is 9.47 Å². The lowest BCUT2D eigenvalue weighted by atomic mass is 9.89. The molecule has 9 heteroatoms. The highest BCUT2D eigenvalue weighted by Crippen LogP contribution is 2.64. The molecule has 1 saturated carbocycles. The summed E-state index contributed by atoms with van der Waals surface area (Å²) in [6.45, 7) is 11.7. The lowest BCUT2D eigenvalue weighted by Crippen LogP contribution is -2.36. The van der Waals surface area contributed by atoms with Crippen LogP contribution in [0.2, 0.25) is 0 Å². The quantitative estimate of drug-likeness (QED) is 0.200. The molecular weight excluding hydrogens is 557 g/mol. The van der Waals surface area contributed by atoms with Crippen LogP contribution in [0, 0.1) is 11.7 Å². The SMILES string of the molecule is COc1cc(-c2ccc(COc3cccc([C@H](C4CC4)[C@@](C)(F)P(C)(=O)O)c3)cc2CN(C(C)C)C(C)C)c(F)cn1. The fraction of sp³-hybridized carbons (Fsp3) is 0.485. The van der Waals surface area contributed by atoms with E-state index in [4.69, 9.17) is 9.47 Å². The Kier molecular flexibility index (Phi) is 9.81. The molecule has 3 aromatic rings. The molecule has 0 saturated heterocycles. The van der Waals surface area contributed by atoms with Crippen molar-refractivity contribution in [3.63, 3.8) is 0 Å². The molecule has 1 heterocycles. The Morgan fingerprint density at radius 1 is 1.10 bits per heavy atom. The van der Waals surface area contributed by atoms with E-state index in [9.17, 15) is 9.46 Å². The summed E-state index contributed by atoms with van der Waals surface area (Å²) < 4.78 is 54.6. The van der Waals surface area contributed by atoms with Crippen LogP contribution in [0.5, 0.6) is 11.6 Å². The fourth-order valence-electron chi connectivity index (χ4n) is 5.68. The first-order valence-corrected chi connectivity index (χ1v) is 16.6. The molecule has 1 aliphatic rings. The van der Waals surface area contributed by atoms with E-state index in [-0.39, 0.29) is 24.6 Å². The van der Waals surface area contributed by atoms with Crippen LogP contribution in [-0.2, 0) is 17.7 Å². The highest BCUT2D eigenvalue weighted by Gasteiger charge is 2.53. The second-order valence-corrected chi connectivity index (χ2v) is 14.8. The molecule has 228 valence electrons. The van der Waals surface area contributed by atoms with E-state index in [2.05, 4.69) is 37.6 Å². The van der Waals surface area contributed by atoms with Gasteiger partial charge < -0.3 is 14.4 Å². The topological polar surface area (TPSA) is 71.9 Å². The number of hydrogen-bond donors (Lipinski definition) is 1. The van der Waals surface area contributed by atoms with Gasteiger partial charge in [-0.2, -0.15) is 0 Å². The zero-order valence-electron chi connectivity index (χ0n) is 25.6. The summed E-state index contributed by atoms with van der Waals surface area (Å²) in [4.78, 5) is 16.5. The average Bonchev–Trinajstić information content (AvgIpc) is 3.75. The minimum absolute atomic E-state index is 0.0304. The number of methoxy groups -OCH3 is 1. The standard InChI is InChI=1S/C33H43F2N2O4P/c1-21(2)37(22(3)4)19-26-15-23(11-14-28(26)29-17-31(40-6)36-18-30(29)34)20-41-27-10-8-9-25(16-27)32(24-12-13-24)33(5,35)42(7,38)39/h8-11,14-18,21-22,24,32H,12-13,19-20H2,1-7H3,(H,38,39)/t32-,33-/m0/s1. The Morgan fingerprint density at radius 2 is 1.79 bits per heavy atom. The van der Waals surface area contributed by atoms with Gasteiger partial charge in [-0.25, -0.2) is 13.8 Å². The second-order valence-electron chi connectivity index (χ2n) is 12.1. The minimum atomic E-state index is -4.00. The largest absolute Gasteiger partial charge is 0.489 e. The molecule has 42 heavy (non-hydrogen) atoms. The number of halogens is 2. The molecule has 0 aliphatic heterocycles. The third kappa shape index (κ3) is 7.21. The van der Waals surface area contributed by atoms with Crippen molar-refractivity contribution in [2.24, 2.45) is 5.92 Å². The summed E-state index contributed by atoms with van der Waals surface area (Å²) in [5, 5.41) is -2.23. The molecular formula is C33H43F2N2O4P. The van der Waals surface area contributed by atoms with Gasteiger partial charge in [0.25, 0.3) is 0 Å². The molecule has 6 nitrogen and oxygen atoms in total. The third-order valence-electron chi connectivity index (χ3n) is 8.27. The van der Waals surface area contributed by atoms with Gasteiger partial charge in [0, 0.05) is 42.8 Å². The van der Waals surface area contributed by atoms with Gasteiger partial charge in [-0.15, -0.1) is 0 Å². The van der Waals surface area contributed by atoms with Crippen molar-refractivity contribution in [1.82, 2.24) is 9.88 Å². The van der Waals surface area contributed by atoms with Crippen LogP contribution in [0.15, 0.2) is 54.7 Å². The monoisotopic (exact) mass is 600 g/mol. The number of ether oxygens (including phenoxy) is 2. The van der Waals surface area contributed by atoms with Gasteiger partial charge in [0.05, 0.1) is 13.3 Å². The molecule has 1 aromatic heterocycles. The van der Waals surface area contributed by atoms with Crippen molar-refractivity contribution in [3.05, 3.63) is 77.2 Å². The molecule has 1 N–H and O–H groups in total. The van der Waals surface area contributed by atoms with Gasteiger partial charge in [-0.05, 0) is 87.8 Å². The number of alkyl halides is 1. The first-order chi connectivity index (χ1) is 19.7. The van der Waals surface area contributed by atoms with E-state index >= 15 is 8.78 Å². The van der Waals surface area contributed by atoms with Crippen molar-refractivity contribution >= 4 is 7.37 Å². The van der Waals surface area contributed by atoms with Crippen molar-refractivity contribution in [3.8, 4) is 22.8 Å². The first kappa shape index (κ1) is 32.1. The molecule has 0 spiro atoms. The molecule has 1 unspecified atom stereocenters. The first-order valence-electron chi connectivity index (χ1n) is 14.5. The van der Waals surface area contributed by atoms with Gasteiger partial charge >= 0.3 is 0 Å². The van der Waals surface area contributed by atoms with Crippen LogP contribution in [-0.4, -0.2) is 46.0 Å². The number of hydrogen-bond acceptors (Lipinski definition) is 5. The van der Waals surface area contributed by atoms with Crippen LogP contribution in [0.3, 0.4) is 0 Å². The normalized spacial score (nSPS) is 17.3. The number of pyridine rings is 1. The molecule has 2 aromatic carbocycles. The Labute approximate surface area is 248 Å². The predicted octanol–water partition coefficient (Wildman–Crippen LogP) is 8.17. The van der Waals surface area contributed by atoms with Crippen LogP contribution in [0.1, 0.15) is 70.1 Å². The molecule has 1 aliphatic carbocycles. The number of benzene rings is 2. The Morgan fingerprint density at radius 3 is 2.38 bits per heavy atom. The van der Waals surface area contributed by atoms with Crippen molar-refractivity contribution in [2.45, 2.75) is 84.0 Å². The summed E-state index contributed by atoms with van der Waals surface area (Å²) in [5.41, 5.74) is 3.69. The Balaban J connectivity index is 1.64. The van der Waals surface area contributed by atoms with E-state index < -0.39 is 24.5 Å². The third-order valence-corrected chi connectivity index (χ3v) is 10.2. The average molecular weight is 601 g/mol. The van der Waals surface area contributed by atoms with Gasteiger partial charge in [0.15, 0.2) is 5.41 Å². The van der Waals surface area contributed by atoms with Gasteiger partial charge in [0.2, 0.25) is 13.2 Å². The fourth-order valence-corrected chi connectivity index (χ4v) is 6.56. The summed E-state index contributed by atoms with van der Waals surface area (Å²) >= 11 is 0. The van der Waals surface area contributed by atoms with E-state index in [1.807, 2.05) is 18.2 Å². The van der Waals surface area contributed by atoms with E-state index in [0.717, 1.165) is 36.2 Å². The van der Waals surface area contributed by atoms with Crippen LogP contribution in [0.25, 0.3) is 11.1 Å². The highest BCUT2D eigenvalue weighted by atomic mass is 31.2. The summed E-state index contributed by atoms with van der Waals surface area (Å²) in [7, 11) is -2.50. The maximum atomic E-state index is 15.7. The lowest BCUT2D eigenvalue weighted by Gasteiger charge is -2.33. The lowest BCUT2D eigenvalue weighted by molar-refractivity contribution is 0.166. The molecule has 0 radical (unpaired) electrons. The highest BCUT2D eigenvalue weighted by molar-refractivity contribution is 7.58. The maximum absolute atomic E-state index is 15.7. The number of aromatic nitrogens is 1. The van der Waals surface area contributed by atoms with Crippen LogP contribution >= 0.6 is 7.37 Å². The molecule has 1 fully saturated rings. The summed E-state index contributed by atoms with van der Waals surface area (Å²) in [6, 6.07) is 15.2. The van der Waals surface area contributed by atoms with E-state index in [1.54, 1.807) is 30.3 Å². The Bertz CT molecular complexity index is 1430. The van der Waals surface area contributed by atoms with E-state index in [1.165, 1.54) is 20.2 Å². The molecule has 4 rings (SSSR count). The van der Waals surface area contributed by atoms with Gasteiger partial charge in [-0.3, -0.25) is 9.46 Å².